The Morgan fingerprint density at radius 2 is 1.76 bits per heavy atom. The van der Waals surface area contributed by atoms with Crippen LogP contribution in [-0.2, 0) is 6.54 Å². The van der Waals surface area contributed by atoms with Crippen molar-refractivity contribution in [2.75, 3.05) is 0 Å². The third-order valence-electron chi connectivity index (χ3n) is 3.60. The zero-order chi connectivity index (χ0) is 14.8. The maximum atomic E-state index is 6.19. The molecule has 0 bridgehead atoms. The lowest BCUT2D eigenvalue weighted by Gasteiger charge is -2.14. The second-order valence-electron chi connectivity index (χ2n) is 5.00. The van der Waals surface area contributed by atoms with E-state index in [0.717, 1.165) is 21.6 Å². The van der Waals surface area contributed by atoms with Gasteiger partial charge in [-0.2, -0.15) is 0 Å². The number of benzene rings is 2. The molecule has 0 aliphatic carbocycles. The third kappa shape index (κ3) is 3.08. The number of hydrogen-bond donors (Lipinski definition) is 1. The topological polar surface area (TPSA) is 25.2 Å². The van der Waals surface area contributed by atoms with Gasteiger partial charge in [-0.05, 0) is 42.3 Å². The Balaban J connectivity index is 1.77. The predicted octanol–water partition coefficient (Wildman–Crippen LogP) is 5.59. The fraction of sp³-hybridized carbons (Fsp3) is 0.176. The van der Waals surface area contributed by atoms with Crippen molar-refractivity contribution in [1.82, 2.24) is 5.32 Å². The number of furan rings is 1. The Morgan fingerprint density at radius 3 is 2.52 bits per heavy atom. The average molecular weight is 320 g/mol. The monoisotopic (exact) mass is 319 g/mol. The molecule has 4 heteroatoms. The van der Waals surface area contributed by atoms with Crippen LogP contribution in [0.5, 0.6) is 0 Å². The highest BCUT2D eigenvalue weighted by atomic mass is 35.5. The molecule has 0 spiro atoms. The fourth-order valence-electron chi connectivity index (χ4n) is 2.36. The van der Waals surface area contributed by atoms with Crippen molar-refractivity contribution < 1.29 is 4.42 Å². The molecule has 0 fully saturated rings. The molecule has 2 nitrogen and oxygen atoms in total. The van der Waals surface area contributed by atoms with E-state index in [1.807, 2.05) is 48.5 Å². The van der Waals surface area contributed by atoms with Crippen LogP contribution in [0.25, 0.3) is 11.0 Å². The van der Waals surface area contributed by atoms with Crippen molar-refractivity contribution in [3.05, 3.63) is 69.9 Å². The zero-order valence-corrected chi connectivity index (χ0v) is 13.1. The highest BCUT2D eigenvalue weighted by Gasteiger charge is 2.13. The van der Waals surface area contributed by atoms with Gasteiger partial charge in [-0.1, -0.05) is 41.9 Å². The summed E-state index contributed by atoms with van der Waals surface area (Å²) in [7, 11) is 0. The lowest BCUT2D eigenvalue weighted by molar-refractivity contribution is 0.563. The molecule has 0 radical (unpaired) electrons. The van der Waals surface area contributed by atoms with E-state index in [0.29, 0.717) is 11.8 Å². The van der Waals surface area contributed by atoms with Crippen LogP contribution in [0.3, 0.4) is 0 Å². The second-order valence-corrected chi connectivity index (χ2v) is 5.78. The summed E-state index contributed by atoms with van der Waals surface area (Å²) in [6.07, 6.45) is 0. The van der Waals surface area contributed by atoms with Gasteiger partial charge in [-0.3, -0.25) is 0 Å². The Kier molecular flexibility index (Phi) is 4.20. The van der Waals surface area contributed by atoms with Crippen LogP contribution in [-0.4, -0.2) is 0 Å². The van der Waals surface area contributed by atoms with Crippen LogP contribution < -0.4 is 5.32 Å². The molecule has 3 aromatic rings. The Bertz CT molecular complexity index is 749. The first-order valence-corrected chi connectivity index (χ1v) is 7.55. The lowest BCUT2D eigenvalue weighted by Crippen LogP contribution is -2.18. The molecule has 1 aromatic heterocycles. The van der Waals surface area contributed by atoms with Crippen molar-refractivity contribution >= 4 is 34.2 Å². The van der Waals surface area contributed by atoms with E-state index in [1.165, 1.54) is 5.56 Å². The summed E-state index contributed by atoms with van der Waals surface area (Å²) in [6, 6.07) is 15.9. The van der Waals surface area contributed by atoms with Crippen LogP contribution in [0, 0.1) is 0 Å². The molecule has 0 aliphatic rings. The van der Waals surface area contributed by atoms with Gasteiger partial charge < -0.3 is 9.73 Å². The minimum absolute atomic E-state index is 0.201. The van der Waals surface area contributed by atoms with Gasteiger partial charge in [0.15, 0.2) is 5.22 Å². The number of hydrogen-bond acceptors (Lipinski definition) is 2. The summed E-state index contributed by atoms with van der Waals surface area (Å²) in [5, 5.41) is 5.72. The van der Waals surface area contributed by atoms with Gasteiger partial charge in [0.25, 0.3) is 0 Å². The zero-order valence-electron chi connectivity index (χ0n) is 11.6. The first-order valence-electron chi connectivity index (χ1n) is 6.80. The Morgan fingerprint density at radius 1 is 1.05 bits per heavy atom. The van der Waals surface area contributed by atoms with Gasteiger partial charge in [-0.25, -0.2) is 0 Å². The van der Waals surface area contributed by atoms with Crippen LogP contribution >= 0.6 is 23.2 Å². The molecule has 1 atom stereocenters. The summed E-state index contributed by atoms with van der Waals surface area (Å²) in [6.45, 7) is 2.76. The number of halogens is 2. The SMILES string of the molecule is C[C@H](NCc1c(Cl)oc2ccccc12)c1ccc(Cl)cc1. The lowest BCUT2D eigenvalue weighted by atomic mass is 10.1. The summed E-state index contributed by atoms with van der Waals surface area (Å²) < 4.78 is 5.56. The molecule has 1 heterocycles. The van der Waals surface area contributed by atoms with Gasteiger partial charge in [0, 0.05) is 28.6 Å². The summed E-state index contributed by atoms with van der Waals surface area (Å²) in [5.74, 6) is 0. The van der Waals surface area contributed by atoms with Gasteiger partial charge >= 0.3 is 0 Å². The average Bonchev–Trinajstić information content (AvgIpc) is 2.81. The second kappa shape index (κ2) is 6.10. The van der Waals surface area contributed by atoms with Crippen LogP contribution in [0.4, 0.5) is 0 Å². The minimum Gasteiger partial charge on any atom is -0.444 e. The normalized spacial score (nSPS) is 12.7. The predicted molar refractivity (Wildman–Crippen MR) is 87.9 cm³/mol. The highest BCUT2D eigenvalue weighted by Crippen LogP contribution is 2.30. The van der Waals surface area contributed by atoms with Gasteiger partial charge in [0.05, 0.1) is 0 Å². The molecule has 108 valence electrons. The smallest absolute Gasteiger partial charge is 0.199 e. The number of para-hydroxylation sites is 1. The number of rotatable bonds is 4. The highest BCUT2D eigenvalue weighted by molar-refractivity contribution is 6.31. The Hall–Kier alpha value is -1.48. The standard InChI is InChI=1S/C17H15Cl2NO/c1-11(12-6-8-13(18)9-7-12)20-10-15-14-4-2-3-5-16(14)21-17(15)19/h2-9,11,20H,10H2,1H3/t11-/m0/s1. The van der Waals surface area contributed by atoms with Gasteiger partial charge in [0.2, 0.25) is 0 Å². The van der Waals surface area contributed by atoms with Crippen LogP contribution in [0.2, 0.25) is 10.2 Å². The maximum absolute atomic E-state index is 6.19. The van der Waals surface area contributed by atoms with E-state index >= 15 is 0 Å². The maximum Gasteiger partial charge on any atom is 0.199 e. The summed E-state index contributed by atoms with van der Waals surface area (Å²) in [4.78, 5) is 0. The van der Waals surface area contributed by atoms with Crippen molar-refractivity contribution in [3.8, 4) is 0 Å². The quantitative estimate of drug-likeness (QED) is 0.678. The minimum atomic E-state index is 0.201. The van der Waals surface area contributed by atoms with Crippen molar-refractivity contribution in [1.29, 1.82) is 0 Å². The van der Waals surface area contributed by atoms with Crippen molar-refractivity contribution in [3.63, 3.8) is 0 Å². The van der Waals surface area contributed by atoms with E-state index in [-0.39, 0.29) is 6.04 Å². The summed E-state index contributed by atoms with van der Waals surface area (Å²) in [5.41, 5.74) is 3.00. The number of fused-ring (bicyclic) bond motifs is 1. The molecule has 1 N–H and O–H groups in total. The first kappa shape index (κ1) is 14.5. The van der Waals surface area contributed by atoms with Gasteiger partial charge in [-0.15, -0.1) is 0 Å². The molecular weight excluding hydrogens is 305 g/mol. The van der Waals surface area contributed by atoms with Crippen molar-refractivity contribution in [2.24, 2.45) is 0 Å². The van der Waals surface area contributed by atoms with E-state index in [2.05, 4.69) is 12.2 Å². The Labute approximate surface area is 133 Å². The number of nitrogens with one attached hydrogen (secondary N) is 1. The molecule has 0 unspecified atom stereocenters. The molecule has 2 aromatic carbocycles. The van der Waals surface area contributed by atoms with E-state index < -0.39 is 0 Å². The largest absolute Gasteiger partial charge is 0.444 e. The molecule has 0 amide bonds. The van der Waals surface area contributed by atoms with E-state index in [9.17, 15) is 0 Å². The third-order valence-corrected chi connectivity index (χ3v) is 4.16. The molecular formula is C17H15Cl2NO. The molecule has 21 heavy (non-hydrogen) atoms. The molecule has 0 aliphatic heterocycles. The van der Waals surface area contributed by atoms with Gasteiger partial charge in [0.1, 0.15) is 5.58 Å². The molecule has 0 saturated carbocycles. The summed E-state index contributed by atoms with van der Waals surface area (Å²) >= 11 is 12.1. The van der Waals surface area contributed by atoms with E-state index in [4.69, 9.17) is 27.6 Å². The van der Waals surface area contributed by atoms with E-state index in [1.54, 1.807) is 0 Å². The molecule has 3 rings (SSSR count). The van der Waals surface area contributed by atoms with Crippen LogP contribution in [0.1, 0.15) is 24.1 Å². The van der Waals surface area contributed by atoms with Crippen molar-refractivity contribution in [2.45, 2.75) is 19.5 Å². The first-order chi connectivity index (χ1) is 10.1. The van der Waals surface area contributed by atoms with Crippen LogP contribution in [0.15, 0.2) is 52.9 Å². The fourth-order valence-corrected chi connectivity index (χ4v) is 2.74. The molecule has 0 saturated heterocycles.